The summed E-state index contributed by atoms with van der Waals surface area (Å²) in [7, 11) is 1.59. The molecule has 0 heterocycles. The van der Waals surface area contributed by atoms with Crippen LogP contribution in [0.3, 0.4) is 0 Å². The minimum absolute atomic E-state index is 0.0315. The van der Waals surface area contributed by atoms with Crippen LogP contribution in [0.15, 0.2) is 42.5 Å². The Bertz CT molecular complexity index is 624. The Balaban J connectivity index is 2.14. The lowest BCUT2D eigenvalue weighted by atomic mass is 10.1. The molecular formula is C16H19N3O2. The van der Waals surface area contributed by atoms with Crippen molar-refractivity contribution in [1.29, 1.82) is 0 Å². The molecule has 0 fully saturated rings. The first-order valence-electron chi connectivity index (χ1n) is 6.68. The third-order valence-corrected chi connectivity index (χ3v) is 3.20. The van der Waals surface area contributed by atoms with E-state index in [-0.39, 0.29) is 12.5 Å². The molecule has 0 atom stereocenters. The van der Waals surface area contributed by atoms with E-state index in [0.717, 1.165) is 11.1 Å². The molecule has 0 aromatic heterocycles. The van der Waals surface area contributed by atoms with Crippen LogP contribution in [0.25, 0.3) is 0 Å². The van der Waals surface area contributed by atoms with E-state index in [2.05, 4.69) is 10.6 Å². The Kier molecular flexibility index (Phi) is 4.79. The van der Waals surface area contributed by atoms with Gasteiger partial charge in [0, 0.05) is 25.0 Å². The molecule has 0 aliphatic carbocycles. The maximum atomic E-state index is 11.8. The van der Waals surface area contributed by atoms with Crippen molar-refractivity contribution in [1.82, 2.24) is 5.32 Å². The number of hydrogen-bond acceptors (Lipinski definition) is 4. The summed E-state index contributed by atoms with van der Waals surface area (Å²) in [6, 6.07) is 12.8. The number of hydrogen-bond donors (Lipinski definition) is 4. The average molecular weight is 285 g/mol. The first kappa shape index (κ1) is 14.9. The molecule has 5 heteroatoms. The molecule has 0 aliphatic heterocycles. The van der Waals surface area contributed by atoms with Crippen LogP contribution in [-0.2, 0) is 13.2 Å². The summed E-state index contributed by atoms with van der Waals surface area (Å²) < 4.78 is 0. The average Bonchev–Trinajstić information content (AvgIpc) is 2.52. The van der Waals surface area contributed by atoms with Crippen LogP contribution in [0, 0.1) is 0 Å². The van der Waals surface area contributed by atoms with Gasteiger partial charge in [-0.05, 0) is 29.3 Å². The van der Waals surface area contributed by atoms with E-state index in [1.165, 1.54) is 0 Å². The molecule has 1 amide bonds. The maximum Gasteiger partial charge on any atom is 0.253 e. The smallest absolute Gasteiger partial charge is 0.253 e. The highest BCUT2D eigenvalue weighted by atomic mass is 16.3. The van der Waals surface area contributed by atoms with Crippen molar-refractivity contribution >= 4 is 17.3 Å². The fraction of sp³-hybridized carbons (Fsp3) is 0.188. The molecule has 0 radical (unpaired) electrons. The van der Waals surface area contributed by atoms with Gasteiger partial charge in [0.2, 0.25) is 0 Å². The van der Waals surface area contributed by atoms with Crippen molar-refractivity contribution in [3.05, 3.63) is 59.2 Å². The summed E-state index contributed by atoms with van der Waals surface area (Å²) in [5, 5.41) is 14.8. The number of nitrogens with two attached hydrogens (primary N) is 1. The quantitative estimate of drug-likeness (QED) is 0.630. The number of nitrogen functional groups attached to an aromatic ring is 1. The van der Waals surface area contributed by atoms with Crippen LogP contribution in [-0.4, -0.2) is 18.1 Å². The molecule has 0 saturated carbocycles. The highest BCUT2D eigenvalue weighted by molar-refractivity contribution is 6.00. The van der Waals surface area contributed by atoms with Crippen LogP contribution < -0.4 is 16.4 Å². The molecule has 0 aliphatic rings. The van der Waals surface area contributed by atoms with Crippen LogP contribution in [0.2, 0.25) is 0 Å². The zero-order valence-electron chi connectivity index (χ0n) is 11.9. The van der Waals surface area contributed by atoms with Gasteiger partial charge in [-0.3, -0.25) is 4.79 Å². The van der Waals surface area contributed by atoms with Crippen molar-refractivity contribution < 1.29 is 9.90 Å². The molecule has 5 N–H and O–H groups in total. The Morgan fingerprint density at radius 2 is 1.81 bits per heavy atom. The van der Waals surface area contributed by atoms with E-state index in [1.807, 2.05) is 24.3 Å². The number of amides is 1. The fourth-order valence-electron chi connectivity index (χ4n) is 2.00. The van der Waals surface area contributed by atoms with Crippen LogP contribution in [0.1, 0.15) is 21.5 Å². The molecule has 21 heavy (non-hydrogen) atoms. The molecule has 0 spiro atoms. The number of anilines is 2. The van der Waals surface area contributed by atoms with E-state index in [9.17, 15) is 4.79 Å². The van der Waals surface area contributed by atoms with E-state index >= 15 is 0 Å². The summed E-state index contributed by atoms with van der Waals surface area (Å²) in [6.45, 7) is 0.600. The second-order valence-electron chi connectivity index (χ2n) is 4.71. The van der Waals surface area contributed by atoms with Crippen LogP contribution in [0.4, 0.5) is 11.4 Å². The summed E-state index contributed by atoms with van der Waals surface area (Å²) in [6.07, 6.45) is 0. The van der Waals surface area contributed by atoms with Crippen molar-refractivity contribution in [3.8, 4) is 0 Å². The second kappa shape index (κ2) is 6.76. The molecule has 2 aromatic carbocycles. The largest absolute Gasteiger partial charge is 0.399 e. The molecular weight excluding hydrogens is 266 g/mol. The number of nitrogens with one attached hydrogen (secondary N) is 2. The number of aliphatic hydroxyl groups excluding tert-OH is 1. The van der Waals surface area contributed by atoms with E-state index < -0.39 is 0 Å². The Labute approximate surface area is 123 Å². The van der Waals surface area contributed by atoms with Gasteiger partial charge < -0.3 is 21.5 Å². The van der Waals surface area contributed by atoms with E-state index in [4.69, 9.17) is 10.8 Å². The predicted molar refractivity (Wildman–Crippen MR) is 83.9 cm³/mol. The number of carbonyl (C=O) groups excluding carboxylic acids is 1. The summed E-state index contributed by atoms with van der Waals surface area (Å²) in [5.41, 5.74) is 9.55. The minimum Gasteiger partial charge on any atom is -0.399 e. The van der Waals surface area contributed by atoms with E-state index in [0.29, 0.717) is 23.5 Å². The maximum absolute atomic E-state index is 11.8. The van der Waals surface area contributed by atoms with Crippen molar-refractivity contribution in [3.63, 3.8) is 0 Å². The van der Waals surface area contributed by atoms with Gasteiger partial charge in [-0.15, -0.1) is 0 Å². The van der Waals surface area contributed by atoms with Gasteiger partial charge in [0.15, 0.2) is 0 Å². The van der Waals surface area contributed by atoms with E-state index in [1.54, 1.807) is 25.2 Å². The normalized spacial score (nSPS) is 10.2. The first-order chi connectivity index (χ1) is 10.1. The van der Waals surface area contributed by atoms with Gasteiger partial charge in [0.25, 0.3) is 5.91 Å². The molecule has 0 unspecified atom stereocenters. The van der Waals surface area contributed by atoms with Gasteiger partial charge in [0.05, 0.1) is 12.2 Å². The monoisotopic (exact) mass is 285 g/mol. The number of aliphatic hydroxyl groups is 1. The molecule has 2 aromatic rings. The van der Waals surface area contributed by atoms with Crippen LogP contribution >= 0.6 is 0 Å². The van der Waals surface area contributed by atoms with Gasteiger partial charge in [0.1, 0.15) is 0 Å². The SMILES string of the molecule is CNC(=O)c1ccc(N)cc1NCc1ccc(CO)cc1. The number of carbonyl (C=O) groups is 1. The molecule has 2 rings (SSSR count). The van der Waals surface area contributed by atoms with Gasteiger partial charge in [-0.1, -0.05) is 24.3 Å². The molecule has 110 valence electrons. The van der Waals surface area contributed by atoms with Gasteiger partial charge in [-0.25, -0.2) is 0 Å². The number of rotatable bonds is 5. The molecule has 0 saturated heterocycles. The third-order valence-electron chi connectivity index (χ3n) is 3.20. The summed E-state index contributed by atoms with van der Waals surface area (Å²) in [5.74, 6) is -0.159. The lowest BCUT2D eigenvalue weighted by Gasteiger charge is -2.12. The molecule has 0 bridgehead atoms. The first-order valence-corrected chi connectivity index (χ1v) is 6.68. The summed E-state index contributed by atoms with van der Waals surface area (Å²) in [4.78, 5) is 11.8. The highest BCUT2D eigenvalue weighted by Crippen LogP contribution is 2.20. The second-order valence-corrected chi connectivity index (χ2v) is 4.71. The zero-order valence-corrected chi connectivity index (χ0v) is 11.9. The van der Waals surface area contributed by atoms with Crippen molar-refractivity contribution in [2.45, 2.75) is 13.2 Å². The van der Waals surface area contributed by atoms with Crippen LogP contribution in [0.5, 0.6) is 0 Å². The van der Waals surface area contributed by atoms with Gasteiger partial charge in [-0.2, -0.15) is 0 Å². The zero-order chi connectivity index (χ0) is 15.2. The predicted octanol–water partition coefficient (Wildman–Crippen LogP) is 1.73. The Morgan fingerprint density at radius 3 is 2.43 bits per heavy atom. The Morgan fingerprint density at radius 1 is 1.14 bits per heavy atom. The highest BCUT2D eigenvalue weighted by Gasteiger charge is 2.10. The van der Waals surface area contributed by atoms with Crippen molar-refractivity contribution in [2.24, 2.45) is 0 Å². The number of benzene rings is 2. The standard InChI is InChI=1S/C16H19N3O2/c1-18-16(21)14-7-6-13(17)8-15(14)19-9-11-2-4-12(10-20)5-3-11/h2-8,19-20H,9-10,17H2,1H3,(H,18,21). The topological polar surface area (TPSA) is 87.4 Å². The fourth-order valence-corrected chi connectivity index (χ4v) is 2.00. The van der Waals surface area contributed by atoms with Crippen molar-refractivity contribution in [2.75, 3.05) is 18.1 Å². The van der Waals surface area contributed by atoms with Gasteiger partial charge >= 0.3 is 0 Å². The minimum atomic E-state index is -0.159. The summed E-state index contributed by atoms with van der Waals surface area (Å²) >= 11 is 0. The Hall–Kier alpha value is -2.53. The lowest BCUT2D eigenvalue weighted by Crippen LogP contribution is -2.19. The lowest BCUT2D eigenvalue weighted by molar-refractivity contribution is 0.0964. The third kappa shape index (κ3) is 3.73. The molecule has 5 nitrogen and oxygen atoms in total.